The van der Waals surface area contributed by atoms with E-state index in [4.69, 9.17) is 0 Å². The van der Waals surface area contributed by atoms with Crippen LogP contribution in [-0.2, 0) is 6.54 Å². The first kappa shape index (κ1) is 17.2. The van der Waals surface area contributed by atoms with Gasteiger partial charge < -0.3 is 9.88 Å². The van der Waals surface area contributed by atoms with Crippen LogP contribution in [0.5, 0.6) is 0 Å². The fourth-order valence-electron chi connectivity index (χ4n) is 2.28. The summed E-state index contributed by atoms with van der Waals surface area (Å²) in [6.45, 7) is 0.340. The Hall–Kier alpha value is -3.62. The number of anilines is 1. The van der Waals surface area contributed by atoms with Gasteiger partial charge in [-0.1, -0.05) is 12.1 Å². The van der Waals surface area contributed by atoms with Crippen LogP contribution in [0.3, 0.4) is 0 Å². The molecule has 1 aromatic heterocycles. The molecule has 0 atom stereocenters. The van der Waals surface area contributed by atoms with Crippen LogP contribution in [0.15, 0.2) is 55.0 Å². The van der Waals surface area contributed by atoms with E-state index in [0.717, 1.165) is 23.8 Å². The molecule has 0 fully saturated rings. The number of carbonyl (C=O) groups is 1. The maximum atomic E-state index is 13.6. The highest BCUT2D eigenvalue weighted by Crippen LogP contribution is 2.17. The number of halogens is 2. The van der Waals surface area contributed by atoms with Gasteiger partial charge in [-0.25, -0.2) is 13.8 Å². The Morgan fingerprint density at radius 3 is 2.62 bits per heavy atom. The lowest BCUT2D eigenvalue weighted by molar-refractivity contribution is -0.384. The molecule has 132 valence electrons. The summed E-state index contributed by atoms with van der Waals surface area (Å²) in [6, 6.07) is 8.70. The lowest BCUT2D eigenvalue weighted by Gasteiger charge is -2.05. The van der Waals surface area contributed by atoms with Crippen LogP contribution in [0.1, 0.15) is 16.1 Å². The van der Waals surface area contributed by atoms with E-state index < -0.39 is 22.5 Å². The fraction of sp³-hybridized carbons (Fsp3) is 0.0588. The van der Waals surface area contributed by atoms with Crippen LogP contribution >= 0.6 is 0 Å². The molecule has 0 saturated heterocycles. The lowest BCUT2D eigenvalue weighted by Crippen LogP contribution is -2.13. The number of nitro benzene ring substituents is 1. The van der Waals surface area contributed by atoms with Gasteiger partial charge >= 0.3 is 0 Å². The number of carbonyl (C=O) groups excluding carboxylic acids is 1. The molecule has 0 bridgehead atoms. The number of rotatable bonds is 5. The van der Waals surface area contributed by atoms with Crippen molar-refractivity contribution in [3.63, 3.8) is 0 Å². The highest BCUT2D eigenvalue weighted by molar-refractivity contribution is 6.02. The van der Waals surface area contributed by atoms with Crippen molar-refractivity contribution >= 4 is 17.3 Å². The molecule has 9 heteroatoms. The Labute approximate surface area is 146 Å². The summed E-state index contributed by atoms with van der Waals surface area (Å²) >= 11 is 0. The van der Waals surface area contributed by atoms with Crippen molar-refractivity contribution in [2.24, 2.45) is 0 Å². The van der Waals surface area contributed by atoms with Crippen molar-refractivity contribution in [2.45, 2.75) is 6.54 Å². The summed E-state index contributed by atoms with van der Waals surface area (Å²) in [5.41, 5.74) is 0.503. The predicted molar refractivity (Wildman–Crippen MR) is 88.7 cm³/mol. The third-order valence-corrected chi connectivity index (χ3v) is 3.55. The minimum absolute atomic E-state index is 0.0171. The normalized spacial score (nSPS) is 10.5. The summed E-state index contributed by atoms with van der Waals surface area (Å²) in [6.07, 6.45) is 2.84. The molecule has 1 N–H and O–H groups in total. The topological polar surface area (TPSA) is 90.1 Å². The molecule has 1 heterocycles. The summed E-state index contributed by atoms with van der Waals surface area (Å²) in [5.74, 6) is -2.12. The molecule has 0 radical (unpaired) electrons. The second kappa shape index (κ2) is 7.09. The summed E-state index contributed by atoms with van der Waals surface area (Å²) < 4.78 is 28.3. The third-order valence-electron chi connectivity index (χ3n) is 3.55. The molecular weight excluding hydrogens is 346 g/mol. The van der Waals surface area contributed by atoms with Gasteiger partial charge in [0.2, 0.25) is 0 Å². The van der Waals surface area contributed by atoms with Gasteiger partial charge in [-0.2, -0.15) is 0 Å². The van der Waals surface area contributed by atoms with Crippen LogP contribution in [0.2, 0.25) is 0 Å². The zero-order chi connectivity index (χ0) is 18.7. The van der Waals surface area contributed by atoms with Crippen LogP contribution in [-0.4, -0.2) is 20.4 Å². The maximum absolute atomic E-state index is 13.6. The number of nitrogens with zero attached hydrogens (tertiary/aromatic N) is 3. The molecule has 0 spiro atoms. The third kappa shape index (κ3) is 3.89. The van der Waals surface area contributed by atoms with Crippen molar-refractivity contribution in [3.8, 4) is 0 Å². The van der Waals surface area contributed by atoms with Gasteiger partial charge in [-0.3, -0.25) is 14.9 Å². The fourth-order valence-corrected chi connectivity index (χ4v) is 2.28. The summed E-state index contributed by atoms with van der Waals surface area (Å²) in [7, 11) is 0. The maximum Gasteiger partial charge on any atom is 0.275 e. The standard InChI is InChI=1S/C17H12F2N4O3/c18-12-3-6-14(19)15(7-12)21-17(24)16-9-22(10-20-16)8-11-1-4-13(5-2-11)23(25)26/h1-7,9-10H,8H2,(H,21,24). The molecule has 3 rings (SSSR count). The number of non-ortho nitro benzene ring substituents is 1. The number of nitro groups is 1. The van der Waals surface area contributed by atoms with Gasteiger partial charge in [0.15, 0.2) is 0 Å². The zero-order valence-electron chi connectivity index (χ0n) is 13.2. The van der Waals surface area contributed by atoms with Gasteiger partial charge in [0.25, 0.3) is 11.6 Å². The Morgan fingerprint density at radius 1 is 1.19 bits per heavy atom. The molecule has 0 aliphatic carbocycles. The highest BCUT2D eigenvalue weighted by atomic mass is 19.1. The van der Waals surface area contributed by atoms with Gasteiger partial charge in [0.1, 0.15) is 17.3 Å². The van der Waals surface area contributed by atoms with Gasteiger partial charge in [0, 0.05) is 30.9 Å². The van der Waals surface area contributed by atoms with E-state index in [1.54, 1.807) is 16.7 Å². The number of hydrogen-bond donors (Lipinski definition) is 1. The molecule has 0 aliphatic rings. The van der Waals surface area contributed by atoms with E-state index in [1.807, 2.05) is 0 Å². The van der Waals surface area contributed by atoms with E-state index in [9.17, 15) is 23.7 Å². The van der Waals surface area contributed by atoms with E-state index in [1.165, 1.54) is 24.7 Å². The van der Waals surface area contributed by atoms with Crippen molar-refractivity contribution < 1.29 is 18.5 Å². The molecule has 26 heavy (non-hydrogen) atoms. The van der Waals surface area contributed by atoms with Gasteiger partial charge in [-0.05, 0) is 17.7 Å². The number of nitrogens with one attached hydrogen (secondary N) is 1. The minimum Gasteiger partial charge on any atom is -0.332 e. The summed E-state index contributed by atoms with van der Waals surface area (Å²) in [4.78, 5) is 26.2. The van der Waals surface area contributed by atoms with E-state index in [2.05, 4.69) is 10.3 Å². The SMILES string of the molecule is O=C(Nc1cc(F)ccc1F)c1cn(Cc2ccc([N+](=O)[O-])cc2)cn1. The van der Waals surface area contributed by atoms with Gasteiger partial charge in [-0.15, -0.1) is 0 Å². The quantitative estimate of drug-likeness (QED) is 0.559. The average molecular weight is 358 g/mol. The van der Waals surface area contributed by atoms with Crippen molar-refractivity contribution in [3.05, 3.63) is 88.0 Å². The highest BCUT2D eigenvalue weighted by Gasteiger charge is 2.13. The molecule has 7 nitrogen and oxygen atoms in total. The Balaban J connectivity index is 1.69. The van der Waals surface area contributed by atoms with Crippen LogP contribution in [0, 0.1) is 21.7 Å². The zero-order valence-corrected chi connectivity index (χ0v) is 13.2. The Kier molecular flexibility index (Phi) is 4.70. The first-order valence-electron chi connectivity index (χ1n) is 7.44. The van der Waals surface area contributed by atoms with Crippen molar-refractivity contribution in [2.75, 3.05) is 5.32 Å². The number of aromatic nitrogens is 2. The average Bonchev–Trinajstić information content (AvgIpc) is 3.07. The molecular formula is C17H12F2N4O3. The lowest BCUT2D eigenvalue weighted by atomic mass is 10.2. The second-order valence-electron chi connectivity index (χ2n) is 5.43. The number of benzene rings is 2. The molecule has 2 aromatic carbocycles. The minimum atomic E-state index is -0.759. The first-order chi connectivity index (χ1) is 12.4. The molecule has 0 saturated carbocycles. The smallest absolute Gasteiger partial charge is 0.275 e. The summed E-state index contributed by atoms with van der Waals surface area (Å²) in [5, 5.41) is 12.9. The van der Waals surface area contributed by atoms with Crippen LogP contribution in [0.25, 0.3) is 0 Å². The Morgan fingerprint density at radius 2 is 1.92 bits per heavy atom. The van der Waals surface area contributed by atoms with Crippen molar-refractivity contribution in [1.82, 2.24) is 9.55 Å². The van der Waals surface area contributed by atoms with E-state index >= 15 is 0 Å². The monoisotopic (exact) mass is 358 g/mol. The predicted octanol–water partition coefficient (Wildman–Crippen LogP) is 3.37. The first-order valence-corrected chi connectivity index (χ1v) is 7.44. The second-order valence-corrected chi connectivity index (χ2v) is 5.43. The number of imidazole rings is 1. The molecule has 3 aromatic rings. The van der Waals surface area contributed by atoms with Gasteiger partial charge in [0.05, 0.1) is 16.9 Å². The number of hydrogen-bond acceptors (Lipinski definition) is 4. The van der Waals surface area contributed by atoms with Crippen molar-refractivity contribution in [1.29, 1.82) is 0 Å². The van der Waals surface area contributed by atoms with E-state index in [-0.39, 0.29) is 17.1 Å². The molecule has 1 amide bonds. The van der Waals surface area contributed by atoms with Crippen LogP contribution in [0.4, 0.5) is 20.2 Å². The van der Waals surface area contributed by atoms with Crippen LogP contribution < -0.4 is 5.32 Å². The molecule has 0 aliphatic heterocycles. The molecule has 0 unspecified atom stereocenters. The van der Waals surface area contributed by atoms with E-state index in [0.29, 0.717) is 6.54 Å². The number of amides is 1. The largest absolute Gasteiger partial charge is 0.332 e. The Bertz CT molecular complexity index is 970.